The SMILES string of the molecule is C=C1CC[C@@H](C(=C)C)[C@@H]2C=C(C)C(=O)C3=C(C(=O)[C@@H](C)C3)[C@@H]12. The highest BCUT2D eigenvalue weighted by Crippen LogP contribution is 2.50. The molecule has 1 saturated carbocycles. The van der Waals surface area contributed by atoms with E-state index >= 15 is 0 Å². The predicted molar refractivity (Wildman–Crippen MR) is 88.2 cm³/mol. The van der Waals surface area contributed by atoms with Gasteiger partial charge in [0.15, 0.2) is 11.6 Å². The summed E-state index contributed by atoms with van der Waals surface area (Å²) in [6, 6.07) is 0. The Morgan fingerprint density at radius 1 is 1.32 bits per heavy atom. The molecule has 3 aliphatic rings. The van der Waals surface area contributed by atoms with E-state index < -0.39 is 0 Å². The van der Waals surface area contributed by atoms with Gasteiger partial charge in [-0.05, 0) is 50.5 Å². The first-order valence-corrected chi connectivity index (χ1v) is 8.16. The van der Waals surface area contributed by atoms with Gasteiger partial charge in [0, 0.05) is 23.0 Å². The molecule has 3 aliphatic carbocycles. The summed E-state index contributed by atoms with van der Waals surface area (Å²) < 4.78 is 0. The van der Waals surface area contributed by atoms with Crippen LogP contribution < -0.4 is 0 Å². The van der Waals surface area contributed by atoms with Gasteiger partial charge in [0.2, 0.25) is 0 Å². The molecule has 0 aliphatic heterocycles. The quantitative estimate of drug-likeness (QED) is 0.680. The van der Waals surface area contributed by atoms with Gasteiger partial charge < -0.3 is 0 Å². The number of carbonyl (C=O) groups excluding carboxylic acids is 2. The third-order valence-corrected chi connectivity index (χ3v) is 5.63. The fraction of sp³-hybridized carbons (Fsp3) is 0.500. The number of ketones is 2. The van der Waals surface area contributed by atoms with Crippen LogP contribution >= 0.6 is 0 Å². The van der Waals surface area contributed by atoms with Gasteiger partial charge in [-0.15, -0.1) is 0 Å². The van der Waals surface area contributed by atoms with E-state index in [2.05, 4.69) is 26.2 Å². The summed E-state index contributed by atoms with van der Waals surface area (Å²) >= 11 is 0. The molecule has 0 amide bonds. The lowest BCUT2D eigenvalue weighted by atomic mass is 9.64. The summed E-state index contributed by atoms with van der Waals surface area (Å²) in [5.74, 6) is 0.640. The minimum atomic E-state index is -0.0708. The van der Waals surface area contributed by atoms with E-state index in [9.17, 15) is 9.59 Å². The summed E-state index contributed by atoms with van der Waals surface area (Å²) in [5, 5.41) is 0. The van der Waals surface area contributed by atoms with Crippen LogP contribution in [-0.2, 0) is 9.59 Å². The fourth-order valence-corrected chi connectivity index (χ4v) is 4.46. The van der Waals surface area contributed by atoms with Crippen molar-refractivity contribution >= 4 is 11.6 Å². The molecular weight excluding hydrogens is 272 g/mol. The molecule has 1 fully saturated rings. The molecule has 2 nitrogen and oxygen atoms in total. The first-order valence-electron chi connectivity index (χ1n) is 8.16. The number of hydrogen-bond acceptors (Lipinski definition) is 2. The van der Waals surface area contributed by atoms with Crippen LogP contribution in [0.25, 0.3) is 0 Å². The summed E-state index contributed by atoms with van der Waals surface area (Å²) in [4.78, 5) is 25.4. The number of allylic oxidation sites excluding steroid dienone is 6. The Labute approximate surface area is 132 Å². The summed E-state index contributed by atoms with van der Waals surface area (Å²) in [5.41, 5.74) is 4.55. The molecule has 3 rings (SSSR count). The Morgan fingerprint density at radius 3 is 2.64 bits per heavy atom. The molecule has 22 heavy (non-hydrogen) atoms. The Morgan fingerprint density at radius 2 is 2.00 bits per heavy atom. The molecule has 4 atom stereocenters. The molecule has 0 saturated heterocycles. The van der Waals surface area contributed by atoms with Crippen molar-refractivity contribution in [3.63, 3.8) is 0 Å². The number of rotatable bonds is 1. The predicted octanol–water partition coefficient (Wildman–Crippen LogP) is 4.20. The highest BCUT2D eigenvalue weighted by atomic mass is 16.1. The largest absolute Gasteiger partial charge is 0.294 e. The lowest BCUT2D eigenvalue weighted by molar-refractivity contribution is -0.118. The molecule has 2 heteroatoms. The first-order chi connectivity index (χ1) is 10.3. The monoisotopic (exact) mass is 296 g/mol. The van der Waals surface area contributed by atoms with Crippen LogP contribution in [0, 0.1) is 23.7 Å². The summed E-state index contributed by atoms with van der Waals surface area (Å²) in [6.07, 6.45) is 4.61. The Balaban J connectivity index is 2.19. The van der Waals surface area contributed by atoms with Crippen LogP contribution in [0.3, 0.4) is 0 Å². The van der Waals surface area contributed by atoms with Gasteiger partial charge in [0.1, 0.15) is 0 Å². The highest BCUT2D eigenvalue weighted by molar-refractivity contribution is 6.17. The van der Waals surface area contributed by atoms with Gasteiger partial charge in [-0.3, -0.25) is 9.59 Å². The van der Waals surface area contributed by atoms with E-state index in [4.69, 9.17) is 0 Å². The van der Waals surface area contributed by atoms with E-state index in [1.165, 1.54) is 0 Å². The maximum atomic E-state index is 12.7. The minimum Gasteiger partial charge on any atom is -0.294 e. The molecular formula is C20H24O2. The van der Waals surface area contributed by atoms with Gasteiger partial charge in [-0.2, -0.15) is 0 Å². The lowest BCUT2D eigenvalue weighted by Crippen LogP contribution is -2.32. The van der Waals surface area contributed by atoms with Crippen molar-refractivity contribution in [2.24, 2.45) is 23.7 Å². The summed E-state index contributed by atoms with van der Waals surface area (Å²) in [6.45, 7) is 14.3. The third-order valence-electron chi connectivity index (χ3n) is 5.63. The second-order valence-electron chi connectivity index (χ2n) is 7.25. The molecule has 0 heterocycles. The molecule has 0 aromatic rings. The van der Waals surface area contributed by atoms with E-state index in [1.54, 1.807) is 0 Å². The van der Waals surface area contributed by atoms with Gasteiger partial charge in [-0.25, -0.2) is 0 Å². The van der Waals surface area contributed by atoms with E-state index in [1.807, 2.05) is 13.8 Å². The molecule has 0 spiro atoms. The van der Waals surface area contributed by atoms with Crippen LogP contribution in [0.4, 0.5) is 0 Å². The molecule has 0 unspecified atom stereocenters. The zero-order valence-electron chi connectivity index (χ0n) is 13.7. The average Bonchev–Trinajstić information content (AvgIpc) is 2.68. The molecule has 0 N–H and O–H groups in total. The second kappa shape index (κ2) is 5.19. The van der Waals surface area contributed by atoms with Crippen molar-refractivity contribution in [3.05, 3.63) is 47.1 Å². The lowest BCUT2D eigenvalue weighted by Gasteiger charge is -2.39. The van der Waals surface area contributed by atoms with Crippen molar-refractivity contribution < 1.29 is 9.59 Å². The van der Waals surface area contributed by atoms with Crippen LogP contribution in [0.5, 0.6) is 0 Å². The minimum absolute atomic E-state index is 0.00398. The van der Waals surface area contributed by atoms with Gasteiger partial charge in [0.05, 0.1) is 0 Å². The molecule has 116 valence electrons. The Bertz CT molecular complexity index is 659. The molecule has 0 bridgehead atoms. The number of Topliss-reactive ketones (excluding diaryl/α,β-unsaturated/α-hetero) is 2. The smallest absolute Gasteiger partial charge is 0.184 e. The van der Waals surface area contributed by atoms with Crippen LogP contribution in [0.2, 0.25) is 0 Å². The molecule has 0 radical (unpaired) electrons. The molecule has 0 aromatic heterocycles. The standard InChI is InChI=1S/C20H24O2/c1-10(2)14-7-6-11(3)17-15(14)8-12(4)19(21)16-9-13(5)20(22)18(16)17/h8,13-15,17H,1,3,6-7,9H2,2,4-5H3/t13-,14-,15-,17-/m0/s1. The van der Waals surface area contributed by atoms with Crippen molar-refractivity contribution in [1.82, 2.24) is 0 Å². The van der Waals surface area contributed by atoms with Crippen LogP contribution in [0.1, 0.15) is 40.0 Å². The van der Waals surface area contributed by atoms with Crippen LogP contribution in [-0.4, -0.2) is 11.6 Å². The average molecular weight is 296 g/mol. The zero-order valence-corrected chi connectivity index (χ0v) is 13.7. The van der Waals surface area contributed by atoms with E-state index in [0.717, 1.165) is 40.7 Å². The van der Waals surface area contributed by atoms with Gasteiger partial charge >= 0.3 is 0 Å². The van der Waals surface area contributed by atoms with E-state index in [-0.39, 0.29) is 29.3 Å². The van der Waals surface area contributed by atoms with Crippen molar-refractivity contribution in [2.75, 3.05) is 0 Å². The number of carbonyl (C=O) groups is 2. The van der Waals surface area contributed by atoms with Gasteiger partial charge in [0.25, 0.3) is 0 Å². The van der Waals surface area contributed by atoms with E-state index in [0.29, 0.717) is 12.3 Å². The fourth-order valence-electron chi connectivity index (χ4n) is 4.46. The molecule has 0 aromatic carbocycles. The first kappa shape index (κ1) is 15.2. The second-order valence-corrected chi connectivity index (χ2v) is 7.25. The Kier molecular flexibility index (Phi) is 3.58. The maximum absolute atomic E-state index is 12.7. The third kappa shape index (κ3) is 2.08. The van der Waals surface area contributed by atoms with Gasteiger partial charge in [-0.1, -0.05) is 37.3 Å². The highest BCUT2D eigenvalue weighted by Gasteiger charge is 2.46. The number of hydrogen-bond donors (Lipinski definition) is 0. The number of fused-ring (bicyclic) bond motifs is 2. The Hall–Kier alpha value is -1.70. The normalized spacial score (nSPS) is 35.0. The van der Waals surface area contributed by atoms with Crippen molar-refractivity contribution in [2.45, 2.75) is 40.0 Å². The van der Waals surface area contributed by atoms with Crippen LogP contribution in [0.15, 0.2) is 47.1 Å². The zero-order chi connectivity index (χ0) is 16.2. The maximum Gasteiger partial charge on any atom is 0.184 e. The van der Waals surface area contributed by atoms with Crippen molar-refractivity contribution in [3.8, 4) is 0 Å². The topological polar surface area (TPSA) is 34.1 Å². The van der Waals surface area contributed by atoms with Crippen molar-refractivity contribution in [1.29, 1.82) is 0 Å². The summed E-state index contributed by atoms with van der Waals surface area (Å²) in [7, 11) is 0.